The third-order valence-corrected chi connectivity index (χ3v) is 21.9. The van der Waals surface area contributed by atoms with Gasteiger partial charge in [0, 0.05) is 19.3 Å². The van der Waals surface area contributed by atoms with Crippen molar-refractivity contribution >= 4 is 33.6 Å². The molecule has 5 unspecified atom stereocenters. The standard InChI is InChI=1S/C99H172O16P2/c1-4-7-10-13-16-19-22-25-28-30-32-34-36-38-40-42-44-46-48-50-52-54-56-58-60-62-65-67-70-73-76-79-82-85-97(102)109-88-94(100)89-111-116(105,106)112-90-95(101)91-113-117(107,108)114-93-96(115-99(104)87-84-81-78-75-72-69-64-27-24-21-18-15-12-9-6-3)92-110-98(103)86-83-80-77-74-71-68-66-63-61-59-57-55-53-51-49-47-45-43-41-39-37-35-33-31-29-26-23-20-17-14-11-8-5-2/h7,10,16-21,25-29,32-35,38-41,44,46,64,94-96,100-101H,4-6,8-9,11-15,22-24,30-31,36-37,42-43,45,47-63,65-93H2,1-3H3,(H,105,106)(H,107,108)/b10-7-,19-16-,20-17-,21-18-,28-25-,29-26-,34-32-,35-33-,40-38-,41-39-,46-44-,64-27-. The first-order valence-electron chi connectivity index (χ1n) is 47.1. The lowest BCUT2D eigenvalue weighted by molar-refractivity contribution is -0.161. The van der Waals surface area contributed by atoms with Gasteiger partial charge in [0.05, 0.1) is 26.4 Å². The SMILES string of the molecule is CC/C=C\C/C=C\C/C=C\C/C=C\C/C=C\C/C=C\CCCCCCCCCCCCCCCCC(=O)OCC(O)COP(=O)(O)OCC(O)COP(=O)(O)OCC(COC(=O)CCCCCCCCCCCCCCCCCCC/C=C\C/C=C\C/C=C\C/C=C\CCCCC)OC(=O)CCCCCCC/C=C\C/C=C\CCCCC. The lowest BCUT2D eigenvalue weighted by Gasteiger charge is -2.21. The first-order valence-corrected chi connectivity index (χ1v) is 50.1. The van der Waals surface area contributed by atoms with E-state index in [2.05, 4.69) is 167 Å². The third-order valence-electron chi connectivity index (χ3n) is 20.0. The summed E-state index contributed by atoms with van der Waals surface area (Å²) in [4.78, 5) is 58.9. The van der Waals surface area contributed by atoms with Gasteiger partial charge < -0.3 is 34.2 Å². The van der Waals surface area contributed by atoms with Crippen molar-refractivity contribution in [2.75, 3.05) is 39.6 Å². The summed E-state index contributed by atoms with van der Waals surface area (Å²) in [5.74, 6) is -1.58. The van der Waals surface area contributed by atoms with Crippen LogP contribution in [0.25, 0.3) is 0 Å². The number of aliphatic hydroxyl groups is 2. The Morgan fingerprint density at radius 3 is 0.718 bits per heavy atom. The van der Waals surface area contributed by atoms with Crippen LogP contribution in [0.4, 0.5) is 0 Å². The van der Waals surface area contributed by atoms with E-state index in [0.29, 0.717) is 19.3 Å². The summed E-state index contributed by atoms with van der Waals surface area (Å²) in [7, 11) is -9.80. The van der Waals surface area contributed by atoms with Crippen molar-refractivity contribution in [3.05, 3.63) is 146 Å². The third kappa shape index (κ3) is 92.0. The second kappa shape index (κ2) is 90.7. The summed E-state index contributed by atoms with van der Waals surface area (Å²) < 4.78 is 61.4. The number of phosphoric acid groups is 2. The Kier molecular flexibility index (Phi) is 87.1. The number of carbonyl (C=O) groups is 3. The van der Waals surface area contributed by atoms with Crippen LogP contribution in [-0.2, 0) is 55.8 Å². The molecular formula is C99H172O16P2. The van der Waals surface area contributed by atoms with E-state index in [0.717, 1.165) is 148 Å². The number of unbranched alkanes of at least 4 members (excludes halogenated alkanes) is 42. The number of phosphoric ester groups is 2. The van der Waals surface area contributed by atoms with Gasteiger partial charge in [-0.25, -0.2) is 9.13 Å². The van der Waals surface area contributed by atoms with Crippen LogP contribution in [0, 0.1) is 0 Å². The molecule has 0 bridgehead atoms. The summed E-state index contributed by atoms with van der Waals surface area (Å²) in [5, 5.41) is 20.7. The molecule has 0 saturated heterocycles. The number of aliphatic hydroxyl groups excluding tert-OH is 2. The Morgan fingerprint density at radius 2 is 0.453 bits per heavy atom. The molecule has 0 aliphatic carbocycles. The molecule has 18 heteroatoms. The van der Waals surface area contributed by atoms with E-state index in [1.807, 2.05) is 0 Å². The number of hydrogen-bond acceptors (Lipinski definition) is 14. The van der Waals surface area contributed by atoms with Crippen molar-refractivity contribution in [3.63, 3.8) is 0 Å². The summed E-state index contributed by atoms with van der Waals surface area (Å²) in [6.07, 6.45) is 115. The predicted octanol–water partition coefficient (Wildman–Crippen LogP) is 29.1. The van der Waals surface area contributed by atoms with Gasteiger partial charge >= 0.3 is 33.6 Å². The van der Waals surface area contributed by atoms with Crippen LogP contribution < -0.4 is 0 Å². The number of esters is 3. The van der Waals surface area contributed by atoms with E-state index in [-0.39, 0.29) is 19.3 Å². The average Bonchev–Trinajstić information content (AvgIpc) is 0.874. The molecule has 0 aliphatic rings. The van der Waals surface area contributed by atoms with E-state index in [1.165, 1.54) is 199 Å². The fourth-order valence-corrected chi connectivity index (χ4v) is 14.5. The summed E-state index contributed by atoms with van der Waals surface area (Å²) >= 11 is 0. The van der Waals surface area contributed by atoms with Crippen LogP contribution >= 0.6 is 15.6 Å². The smallest absolute Gasteiger partial charge is 0.463 e. The van der Waals surface area contributed by atoms with Gasteiger partial charge in [-0.3, -0.25) is 32.5 Å². The minimum Gasteiger partial charge on any atom is -0.463 e. The molecule has 0 radical (unpaired) electrons. The second-order valence-corrected chi connectivity index (χ2v) is 34.3. The van der Waals surface area contributed by atoms with Crippen LogP contribution in [-0.4, -0.2) is 95.9 Å². The number of ether oxygens (including phenoxy) is 3. The average molecular weight is 1680 g/mol. The lowest BCUT2D eigenvalue weighted by atomic mass is 10.0. The molecule has 0 aromatic carbocycles. The van der Waals surface area contributed by atoms with Crippen molar-refractivity contribution in [2.45, 2.75) is 424 Å². The maximum Gasteiger partial charge on any atom is 0.472 e. The van der Waals surface area contributed by atoms with Crippen LogP contribution in [0.1, 0.15) is 406 Å². The van der Waals surface area contributed by atoms with Crippen LogP contribution in [0.3, 0.4) is 0 Å². The molecule has 0 aromatic rings. The molecular weight excluding hydrogens is 1510 g/mol. The molecule has 0 fully saturated rings. The van der Waals surface area contributed by atoms with E-state index in [1.54, 1.807) is 0 Å². The molecule has 0 aliphatic heterocycles. The van der Waals surface area contributed by atoms with Crippen molar-refractivity contribution < 1.29 is 75.8 Å². The quantitative estimate of drug-likeness (QED) is 0.0146. The fraction of sp³-hybridized carbons (Fsp3) is 0.727. The highest BCUT2D eigenvalue weighted by atomic mass is 31.2. The van der Waals surface area contributed by atoms with Crippen LogP contribution in [0.15, 0.2) is 146 Å². The van der Waals surface area contributed by atoms with Gasteiger partial charge in [-0.1, -0.05) is 385 Å². The summed E-state index contributed by atoms with van der Waals surface area (Å²) in [5.41, 5.74) is 0. The maximum absolute atomic E-state index is 13.0. The van der Waals surface area contributed by atoms with Gasteiger partial charge in [-0.05, 0) is 148 Å². The molecule has 0 heterocycles. The van der Waals surface area contributed by atoms with Gasteiger partial charge in [0.15, 0.2) is 6.10 Å². The summed E-state index contributed by atoms with van der Waals surface area (Å²) in [6, 6.07) is 0. The molecule has 0 spiro atoms. The highest BCUT2D eigenvalue weighted by molar-refractivity contribution is 7.47. The van der Waals surface area contributed by atoms with Crippen LogP contribution in [0.5, 0.6) is 0 Å². The highest BCUT2D eigenvalue weighted by Gasteiger charge is 2.30. The van der Waals surface area contributed by atoms with Gasteiger partial charge in [0.25, 0.3) is 0 Å². The van der Waals surface area contributed by atoms with Gasteiger partial charge in [-0.15, -0.1) is 0 Å². The second-order valence-electron chi connectivity index (χ2n) is 31.4. The Balaban J connectivity index is 4.44. The molecule has 0 aromatic heterocycles. The van der Waals surface area contributed by atoms with E-state index >= 15 is 0 Å². The first kappa shape index (κ1) is 112. The summed E-state index contributed by atoms with van der Waals surface area (Å²) in [6.45, 7) is 2.55. The van der Waals surface area contributed by atoms with Gasteiger partial charge in [0.1, 0.15) is 25.4 Å². The van der Waals surface area contributed by atoms with E-state index < -0.39 is 91.5 Å². The fourth-order valence-electron chi connectivity index (χ4n) is 12.9. The number of rotatable bonds is 89. The Morgan fingerprint density at radius 1 is 0.248 bits per heavy atom. The molecule has 674 valence electrons. The van der Waals surface area contributed by atoms with Crippen molar-refractivity contribution in [3.8, 4) is 0 Å². The number of hydrogen-bond donors (Lipinski definition) is 4. The zero-order valence-electron chi connectivity index (χ0n) is 74.3. The van der Waals surface area contributed by atoms with Crippen LogP contribution in [0.2, 0.25) is 0 Å². The van der Waals surface area contributed by atoms with Crippen molar-refractivity contribution in [2.24, 2.45) is 0 Å². The minimum atomic E-state index is -4.94. The zero-order chi connectivity index (χ0) is 85.1. The van der Waals surface area contributed by atoms with Gasteiger partial charge in [0.2, 0.25) is 0 Å². The molecule has 0 amide bonds. The maximum atomic E-state index is 13.0. The zero-order valence-corrected chi connectivity index (χ0v) is 76.1. The molecule has 4 N–H and O–H groups in total. The van der Waals surface area contributed by atoms with E-state index in [9.17, 15) is 43.5 Å². The topological polar surface area (TPSA) is 231 Å². The predicted molar refractivity (Wildman–Crippen MR) is 491 cm³/mol. The molecule has 0 rings (SSSR count). The Bertz CT molecular complexity index is 2710. The van der Waals surface area contributed by atoms with Crippen molar-refractivity contribution in [1.82, 2.24) is 0 Å². The monoisotopic (exact) mass is 1680 g/mol. The first-order chi connectivity index (χ1) is 57.2. The number of allylic oxidation sites excluding steroid dienone is 24. The normalized spacial score (nSPS) is 14.4. The Labute approximate surface area is 715 Å². The van der Waals surface area contributed by atoms with Gasteiger partial charge in [-0.2, -0.15) is 0 Å². The Hall–Kier alpha value is -4.57. The largest absolute Gasteiger partial charge is 0.472 e. The molecule has 16 nitrogen and oxygen atoms in total. The molecule has 117 heavy (non-hydrogen) atoms. The van der Waals surface area contributed by atoms with Crippen molar-refractivity contribution in [1.29, 1.82) is 0 Å². The number of carbonyl (C=O) groups excluding carboxylic acids is 3. The molecule has 0 saturated carbocycles. The molecule has 5 atom stereocenters. The highest BCUT2D eigenvalue weighted by Crippen LogP contribution is 2.45. The van der Waals surface area contributed by atoms with E-state index in [4.69, 9.17) is 32.3 Å². The minimum absolute atomic E-state index is 0.0888. The lowest BCUT2D eigenvalue weighted by Crippen LogP contribution is -2.30.